The summed E-state index contributed by atoms with van der Waals surface area (Å²) in [5, 5.41) is 3.97. The average Bonchev–Trinajstić information content (AvgIpc) is 2.54. The van der Waals surface area contributed by atoms with Crippen molar-refractivity contribution in [3.63, 3.8) is 0 Å². The van der Waals surface area contributed by atoms with E-state index in [1.54, 1.807) is 24.6 Å². The minimum absolute atomic E-state index is 0.373. The molecule has 1 N–H and O–H groups in total. The Morgan fingerprint density at radius 3 is 2.65 bits per heavy atom. The predicted molar refractivity (Wildman–Crippen MR) is 103 cm³/mol. The van der Waals surface area contributed by atoms with Gasteiger partial charge in [0.1, 0.15) is 23.7 Å². The SMILES string of the molecule is COc1cc(F)ccc1Nc1ncnc2cc(N=S(C)(C)=O)cc(C)c12. The molecular formula is C18H19FN4O2S. The lowest BCUT2D eigenvalue weighted by atomic mass is 10.1. The lowest BCUT2D eigenvalue weighted by Crippen LogP contribution is -2.00. The number of methoxy groups -OCH3 is 1. The molecule has 136 valence electrons. The topological polar surface area (TPSA) is 76.5 Å². The number of nitrogens with one attached hydrogen (secondary N) is 1. The Balaban J connectivity index is 2.12. The van der Waals surface area contributed by atoms with Crippen molar-refractivity contribution in [2.24, 2.45) is 4.36 Å². The second kappa shape index (κ2) is 6.87. The second-order valence-corrected chi connectivity index (χ2v) is 8.67. The van der Waals surface area contributed by atoms with Gasteiger partial charge in [0.15, 0.2) is 0 Å². The molecule has 0 aliphatic heterocycles. The molecule has 2 aromatic carbocycles. The van der Waals surface area contributed by atoms with Gasteiger partial charge in [0.2, 0.25) is 0 Å². The number of hydrogen-bond donors (Lipinski definition) is 1. The molecule has 1 aromatic heterocycles. The Morgan fingerprint density at radius 2 is 1.96 bits per heavy atom. The molecule has 6 nitrogen and oxygen atoms in total. The summed E-state index contributed by atoms with van der Waals surface area (Å²) in [5.74, 6) is 0.556. The first kappa shape index (κ1) is 18.1. The fraction of sp³-hybridized carbons (Fsp3) is 0.222. The molecule has 0 saturated heterocycles. The number of ether oxygens (including phenoxy) is 1. The summed E-state index contributed by atoms with van der Waals surface area (Å²) in [4.78, 5) is 8.60. The minimum atomic E-state index is -2.27. The van der Waals surface area contributed by atoms with Crippen LogP contribution in [0, 0.1) is 12.7 Å². The molecule has 3 aromatic rings. The van der Waals surface area contributed by atoms with Gasteiger partial charge in [-0.05, 0) is 36.8 Å². The molecule has 0 fully saturated rings. The van der Waals surface area contributed by atoms with Gasteiger partial charge < -0.3 is 10.1 Å². The lowest BCUT2D eigenvalue weighted by Gasteiger charge is -2.13. The summed E-state index contributed by atoms with van der Waals surface area (Å²) in [7, 11) is -0.794. The van der Waals surface area contributed by atoms with E-state index in [4.69, 9.17) is 4.74 Å². The van der Waals surface area contributed by atoms with Crippen molar-refractivity contribution in [1.29, 1.82) is 0 Å². The van der Waals surface area contributed by atoms with Gasteiger partial charge in [-0.25, -0.2) is 18.6 Å². The number of halogens is 1. The van der Waals surface area contributed by atoms with Crippen molar-refractivity contribution in [1.82, 2.24) is 9.97 Å². The van der Waals surface area contributed by atoms with Crippen LogP contribution in [0.5, 0.6) is 5.75 Å². The zero-order chi connectivity index (χ0) is 18.9. The van der Waals surface area contributed by atoms with Gasteiger partial charge in [-0.2, -0.15) is 4.36 Å². The minimum Gasteiger partial charge on any atom is -0.494 e. The summed E-state index contributed by atoms with van der Waals surface area (Å²) >= 11 is 0. The van der Waals surface area contributed by atoms with Crippen molar-refractivity contribution in [3.05, 3.63) is 48.0 Å². The Hall–Kier alpha value is -2.74. The third kappa shape index (κ3) is 3.91. The molecule has 26 heavy (non-hydrogen) atoms. The third-order valence-electron chi connectivity index (χ3n) is 3.66. The third-order valence-corrected chi connectivity index (χ3v) is 4.31. The van der Waals surface area contributed by atoms with E-state index in [2.05, 4.69) is 19.6 Å². The molecule has 0 bridgehead atoms. The number of hydrogen-bond acceptors (Lipinski definition) is 6. The fourth-order valence-corrected chi connectivity index (χ4v) is 3.28. The van der Waals surface area contributed by atoms with Crippen molar-refractivity contribution < 1.29 is 13.3 Å². The summed E-state index contributed by atoms with van der Waals surface area (Å²) in [6.45, 7) is 1.91. The highest BCUT2D eigenvalue weighted by Gasteiger charge is 2.12. The van der Waals surface area contributed by atoms with Crippen LogP contribution in [0.15, 0.2) is 41.0 Å². The molecule has 0 aliphatic rings. The number of anilines is 2. The molecule has 3 rings (SSSR count). The Labute approximate surface area is 151 Å². The van der Waals surface area contributed by atoms with E-state index < -0.39 is 9.73 Å². The van der Waals surface area contributed by atoms with E-state index in [9.17, 15) is 8.60 Å². The standard InChI is InChI=1S/C18H19FN4O2S/c1-11-7-13(23-26(3,4)24)9-15-17(11)18(21-10-20-15)22-14-6-5-12(19)8-16(14)25-2/h5-10H,1-4H3,(H,20,21,22). The number of benzene rings is 2. The van der Waals surface area contributed by atoms with Crippen LogP contribution in [-0.2, 0) is 9.73 Å². The molecule has 0 saturated carbocycles. The largest absolute Gasteiger partial charge is 0.494 e. The van der Waals surface area contributed by atoms with Crippen LogP contribution in [0.4, 0.5) is 21.6 Å². The molecule has 0 radical (unpaired) electrons. The van der Waals surface area contributed by atoms with Crippen LogP contribution in [0.3, 0.4) is 0 Å². The number of rotatable bonds is 4. The van der Waals surface area contributed by atoms with E-state index in [0.29, 0.717) is 28.5 Å². The van der Waals surface area contributed by atoms with Gasteiger partial charge >= 0.3 is 0 Å². The Morgan fingerprint density at radius 1 is 1.19 bits per heavy atom. The predicted octanol–water partition coefficient (Wildman–Crippen LogP) is 4.19. The zero-order valence-electron chi connectivity index (χ0n) is 14.9. The van der Waals surface area contributed by atoms with Crippen molar-refractivity contribution in [2.75, 3.05) is 24.9 Å². The van der Waals surface area contributed by atoms with Crippen LogP contribution < -0.4 is 10.1 Å². The fourth-order valence-electron chi connectivity index (χ4n) is 2.67. The quantitative estimate of drug-likeness (QED) is 0.741. The first-order valence-electron chi connectivity index (χ1n) is 7.80. The van der Waals surface area contributed by atoms with Crippen LogP contribution in [-0.4, -0.2) is 33.8 Å². The first-order chi connectivity index (χ1) is 12.3. The van der Waals surface area contributed by atoms with Gasteiger partial charge in [-0.3, -0.25) is 0 Å². The van der Waals surface area contributed by atoms with Gasteiger partial charge in [-0.1, -0.05) is 0 Å². The Bertz CT molecular complexity index is 1100. The monoisotopic (exact) mass is 374 g/mol. The van der Waals surface area contributed by atoms with Gasteiger partial charge in [0, 0.05) is 33.7 Å². The van der Waals surface area contributed by atoms with E-state index in [1.165, 1.54) is 25.6 Å². The molecule has 1 heterocycles. The van der Waals surface area contributed by atoms with Crippen molar-refractivity contribution >= 4 is 37.8 Å². The summed E-state index contributed by atoms with van der Waals surface area (Å²) in [6, 6.07) is 7.84. The highest BCUT2D eigenvalue weighted by atomic mass is 32.2. The number of aromatic nitrogens is 2. The van der Waals surface area contributed by atoms with Gasteiger partial charge in [0.25, 0.3) is 0 Å². The number of aryl methyl sites for hydroxylation is 1. The molecule has 0 spiro atoms. The van der Waals surface area contributed by atoms with Crippen LogP contribution in [0.1, 0.15) is 5.56 Å². The van der Waals surface area contributed by atoms with Crippen LogP contribution in [0.2, 0.25) is 0 Å². The molecular weight excluding hydrogens is 355 g/mol. The number of fused-ring (bicyclic) bond motifs is 1. The maximum absolute atomic E-state index is 13.4. The highest BCUT2D eigenvalue weighted by Crippen LogP contribution is 2.33. The van der Waals surface area contributed by atoms with Crippen molar-refractivity contribution in [2.45, 2.75) is 6.92 Å². The van der Waals surface area contributed by atoms with E-state index in [0.717, 1.165) is 10.9 Å². The molecule has 0 unspecified atom stereocenters. The van der Waals surface area contributed by atoms with Crippen LogP contribution >= 0.6 is 0 Å². The first-order valence-corrected chi connectivity index (χ1v) is 10.1. The smallest absolute Gasteiger partial charge is 0.145 e. The molecule has 0 atom stereocenters. The molecule has 8 heteroatoms. The maximum atomic E-state index is 13.4. The zero-order valence-corrected chi connectivity index (χ0v) is 15.7. The highest BCUT2D eigenvalue weighted by molar-refractivity contribution is 7.92. The normalized spacial score (nSPS) is 11.4. The Kier molecular flexibility index (Phi) is 4.78. The summed E-state index contributed by atoms with van der Waals surface area (Å²) in [6.07, 6.45) is 4.60. The average molecular weight is 374 g/mol. The van der Waals surface area contributed by atoms with E-state index in [-0.39, 0.29) is 5.82 Å². The van der Waals surface area contributed by atoms with Crippen LogP contribution in [0.25, 0.3) is 10.9 Å². The summed E-state index contributed by atoms with van der Waals surface area (Å²) < 4.78 is 34.8. The van der Waals surface area contributed by atoms with E-state index >= 15 is 0 Å². The summed E-state index contributed by atoms with van der Waals surface area (Å²) in [5.41, 5.74) is 2.75. The van der Waals surface area contributed by atoms with Crippen molar-refractivity contribution in [3.8, 4) is 5.75 Å². The molecule has 0 amide bonds. The lowest BCUT2D eigenvalue weighted by molar-refractivity contribution is 0.413. The molecule has 0 aliphatic carbocycles. The van der Waals surface area contributed by atoms with Gasteiger partial charge in [0.05, 0.1) is 24.0 Å². The maximum Gasteiger partial charge on any atom is 0.145 e. The second-order valence-electron chi connectivity index (χ2n) is 6.12. The van der Waals surface area contributed by atoms with E-state index in [1.807, 2.05) is 13.0 Å². The van der Waals surface area contributed by atoms with Gasteiger partial charge in [-0.15, -0.1) is 0 Å². The number of nitrogens with zero attached hydrogens (tertiary/aromatic N) is 3.